The molecule has 1 fully saturated rings. The number of hydrogen-bond donors (Lipinski definition) is 1. The molecule has 2 rings (SSSR count). The number of carboxylic acids is 1. The number of benzene rings is 1. The molecule has 0 saturated carbocycles. The van der Waals surface area contributed by atoms with E-state index in [1.54, 1.807) is 43.4 Å². The highest BCUT2D eigenvalue weighted by Gasteiger charge is 2.24. The molecule has 7 nitrogen and oxygen atoms in total. The van der Waals surface area contributed by atoms with Crippen LogP contribution in [0.5, 0.6) is 11.5 Å². The molecule has 1 aromatic rings. The summed E-state index contributed by atoms with van der Waals surface area (Å²) in [6, 6.07) is 5.32. The van der Waals surface area contributed by atoms with Crippen LogP contribution in [-0.2, 0) is 14.3 Å². The summed E-state index contributed by atoms with van der Waals surface area (Å²) in [5.41, 5.74) is 0.752. The summed E-state index contributed by atoms with van der Waals surface area (Å²) in [6.07, 6.45) is 2.54. The van der Waals surface area contributed by atoms with Crippen LogP contribution in [-0.4, -0.2) is 61.9 Å². The second-order valence-corrected chi connectivity index (χ2v) is 5.32. The molecule has 0 aliphatic carbocycles. The average Bonchev–Trinajstić information content (AvgIpc) is 2.59. The van der Waals surface area contributed by atoms with Crippen molar-refractivity contribution in [3.05, 3.63) is 29.8 Å². The van der Waals surface area contributed by atoms with E-state index in [2.05, 4.69) is 0 Å². The van der Waals surface area contributed by atoms with Crippen LogP contribution in [0.4, 0.5) is 0 Å². The highest BCUT2D eigenvalue weighted by molar-refractivity contribution is 5.92. The van der Waals surface area contributed by atoms with E-state index in [0.717, 1.165) is 5.56 Å². The van der Waals surface area contributed by atoms with Gasteiger partial charge in [0, 0.05) is 30.8 Å². The first kappa shape index (κ1) is 17.8. The molecule has 1 aromatic carbocycles. The van der Waals surface area contributed by atoms with E-state index in [4.69, 9.17) is 19.3 Å². The molecule has 1 unspecified atom stereocenters. The predicted molar refractivity (Wildman–Crippen MR) is 87.2 cm³/mol. The van der Waals surface area contributed by atoms with Crippen molar-refractivity contribution in [1.82, 2.24) is 4.90 Å². The van der Waals surface area contributed by atoms with Gasteiger partial charge >= 0.3 is 5.97 Å². The Labute approximate surface area is 140 Å². The number of amides is 1. The summed E-state index contributed by atoms with van der Waals surface area (Å²) in [7, 11) is 3.12. The number of nitrogens with zero attached hydrogens (tertiary/aromatic N) is 1. The Morgan fingerprint density at radius 3 is 2.83 bits per heavy atom. The monoisotopic (exact) mass is 335 g/mol. The van der Waals surface area contributed by atoms with Gasteiger partial charge in [-0.2, -0.15) is 0 Å². The number of carbonyl (C=O) groups is 2. The van der Waals surface area contributed by atoms with Gasteiger partial charge in [0.15, 0.2) is 0 Å². The third-order valence-corrected chi connectivity index (χ3v) is 3.70. The molecule has 1 aliphatic rings. The van der Waals surface area contributed by atoms with Crippen molar-refractivity contribution < 1.29 is 28.9 Å². The first-order valence-electron chi connectivity index (χ1n) is 7.56. The van der Waals surface area contributed by atoms with E-state index >= 15 is 0 Å². The van der Waals surface area contributed by atoms with Gasteiger partial charge in [-0.25, -0.2) is 0 Å². The average molecular weight is 335 g/mol. The normalized spacial score (nSPS) is 17.8. The molecule has 1 atom stereocenters. The minimum atomic E-state index is -0.937. The molecule has 0 aromatic heterocycles. The van der Waals surface area contributed by atoms with E-state index in [9.17, 15) is 9.59 Å². The number of morpholine rings is 1. The highest BCUT2D eigenvalue weighted by atomic mass is 16.5. The zero-order chi connectivity index (χ0) is 17.5. The lowest BCUT2D eigenvalue weighted by atomic mass is 10.1. The van der Waals surface area contributed by atoms with Crippen LogP contribution >= 0.6 is 0 Å². The smallest absolute Gasteiger partial charge is 0.306 e. The lowest BCUT2D eigenvalue weighted by Gasteiger charge is -2.31. The maximum Gasteiger partial charge on any atom is 0.306 e. The van der Waals surface area contributed by atoms with Crippen molar-refractivity contribution in [1.29, 1.82) is 0 Å². The van der Waals surface area contributed by atoms with E-state index in [1.807, 2.05) is 0 Å². The van der Waals surface area contributed by atoms with E-state index < -0.39 is 12.1 Å². The lowest BCUT2D eigenvalue weighted by Crippen LogP contribution is -2.45. The van der Waals surface area contributed by atoms with Gasteiger partial charge in [-0.3, -0.25) is 9.59 Å². The van der Waals surface area contributed by atoms with Crippen LogP contribution in [0.25, 0.3) is 6.08 Å². The van der Waals surface area contributed by atoms with Crippen molar-refractivity contribution in [2.75, 3.05) is 33.9 Å². The Balaban J connectivity index is 2.03. The number of methoxy groups -OCH3 is 2. The quantitative estimate of drug-likeness (QED) is 0.792. The number of carboxylic acid groups (broad SMARTS) is 1. The minimum Gasteiger partial charge on any atom is -0.497 e. The Kier molecular flexibility index (Phi) is 6.20. The third kappa shape index (κ3) is 4.73. The van der Waals surface area contributed by atoms with Crippen LogP contribution in [0.15, 0.2) is 24.3 Å². The van der Waals surface area contributed by atoms with Gasteiger partial charge in [0.05, 0.1) is 33.4 Å². The number of ether oxygens (including phenoxy) is 3. The number of carbonyl (C=O) groups excluding carboxylic acids is 1. The fourth-order valence-electron chi connectivity index (χ4n) is 2.46. The summed E-state index contributed by atoms with van der Waals surface area (Å²) < 4.78 is 15.8. The van der Waals surface area contributed by atoms with Gasteiger partial charge in [-0.05, 0) is 18.2 Å². The molecule has 1 aliphatic heterocycles. The summed E-state index contributed by atoms with van der Waals surface area (Å²) in [6.45, 7) is 1.05. The molecule has 1 N–H and O–H groups in total. The molecule has 7 heteroatoms. The number of aliphatic carboxylic acids is 1. The second-order valence-electron chi connectivity index (χ2n) is 5.32. The minimum absolute atomic E-state index is 0.111. The van der Waals surface area contributed by atoms with Crippen molar-refractivity contribution in [2.24, 2.45) is 0 Å². The van der Waals surface area contributed by atoms with E-state index in [1.165, 1.54) is 6.08 Å². The van der Waals surface area contributed by atoms with Gasteiger partial charge < -0.3 is 24.2 Å². The first-order chi connectivity index (χ1) is 11.5. The molecule has 130 valence electrons. The summed E-state index contributed by atoms with van der Waals surface area (Å²) >= 11 is 0. The third-order valence-electron chi connectivity index (χ3n) is 3.70. The standard InChI is InChI=1S/C17H21NO6/c1-22-13-5-3-12(15(9-13)23-2)4-6-16(19)18-7-8-24-14(11-18)10-17(20)21/h3-6,9,14H,7-8,10-11H2,1-2H3,(H,20,21). The molecule has 1 heterocycles. The molecule has 1 amide bonds. The Morgan fingerprint density at radius 1 is 1.38 bits per heavy atom. The Hall–Kier alpha value is -2.54. The van der Waals surface area contributed by atoms with Crippen molar-refractivity contribution in [3.8, 4) is 11.5 Å². The maximum absolute atomic E-state index is 12.3. The van der Waals surface area contributed by atoms with Gasteiger partial charge in [-0.1, -0.05) is 0 Å². The van der Waals surface area contributed by atoms with E-state index in [0.29, 0.717) is 24.7 Å². The Bertz CT molecular complexity index is 628. The van der Waals surface area contributed by atoms with Crippen LogP contribution in [0, 0.1) is 0 Å². The molecule has 1 saturated heterocycles. The highest BCUT2D eigenvalue weighted by Crippen LogP contribution is 2.25. The SMILES string of the molecule is COc1ccc(C=CC(=O)N2CCOC(CC(=O)O)C2)c(OC)c1. The maximum atomic E-state index is 12.3. The fourth-order valence-corrected chi connectivity index (χ4v) is 2.46. The van der Waals surface area contributed by atoms with Crippen molar-refractivity contribution in [3.63, 3.8) is 0 Å². The van der Waals surface area contributed by atoms with Gasteiger partial charge in [0.25, 0.3) is 0 Å². The van der Waals surface area contributed by atoms with Gasteiger partial charge in [0.2, 0.25) is 5.91 Å². The zero-order valence-corrected chi connectivity index (χ0v) is 13.7. The predicted octanol–water partition coefficient (Wildman–Crippen LogP) is 1.42. The molecular weight excluding hydrogens is 314 g/mol. The lowest BCUT2D eigenvalue weighted by molar-refractivity contribution is -0.145. The topological polar surface area (TPSA) is 85.3 Å². The summed E-state index contributed by atoms with van der Waals surface area (Å²) in [5.74, 6) is 0.142. The summed E-state index contributed by atoms with van der Waals surface area (Å²) in [5, 5.41) is 8.82. The molecule has 0 bridgehead atoms. The van der Waals surface area contributed by atoms with E-state index in [-0.39, 0.29) is 18.9 Å². The van der Waals surface area contributed by atoms with Crippen molar-refractivity contribution >= 4 is 18.0 Å². The Morgan fingerprint density at radius 2 is 2.17 bits per heavy atom. The van der Waals surface area contributed by atoms with Gasteiger partial charge in [0.1, 0.15) is 11.5 Å². The molecular formula is C17H21NO6. The van der Waals surface area contributed by atoms with Crippen LogP contribution < -0.4 is 9.47 Å². The number of hydrogen-bond acceptors (Lipinski definition) is 5. The van der Waals surface area contributed by atoms with Gasteiger partial charge in [-0.15, -0.1) is 0 Å². The molecule has 0 spiro atoms. The fraction of sp³-hybridized carbons (Fsp3) is 0.412. The summed E-state index contributed by atoms with van der Waals surface area (Å²) in [4.78, 5) is 24.6. The second kappa shape index (κ2) is 8.35. The van der Waals surface area contributed by atoms with Crippen LogP contribution in [0.3, 0.4) is 0 Å². The zero-order valence-electron chi connectivity index (χ0n) is 13.7. The molecule has 0 radical (unpaired) electrons. The number of rotatable bonds is 6. The van der Waals surface area contributed by atoms with Crippen molar-refractivity contribution in [2.45, 2.75) is 12.5 Å². The first-order valence-corrected chi connectivity index (χ1v) is 7.56. The van der Waals surface area contributed by atoms with Crippen LogP contribution in [0.2, 0.25) is 0 Å². The molecule has 24 heavy (non-hydrogen) atoms. The largest absolute Gasteiger partial charge is 0.497 e. The van der Waals surface area contributed by atoms with Crippen LogP contribution in [0.1, 0.15) is 12.0 Å².